The molecule has 0 fully saturated rings. The van der Waals surface area contributed by atoms with Crippen LogP contribution < -0.4 is 5.32 Å². The maximum absolute atomic E-state index is 15.4. The van der Waals surface area contributed by atoms with E-state index in [1.807, 2.05) is 26.8 Å². The second kappa shape index (κ2) is 8.44. The number of benzene rings is 1. The molecule has 2 heterocycles. The average Bonchev–Trinajstić information content (AvgIpc) is 3.18. The molecule has 3 rings (SSSR count). The van der Waals surface area contributed by atoms with Gasteiger partial charge >= 0.3 is 0 Å². The molecular weight excluding hydrogens is 375 g/mol. The first-order chi connectivity index (χ1) is 13.8. The Morgan fingerprint density at radius 1 is 1.28 bits per heavy atom. The van der Waals surface area contributed by atoms with Crippen molar-refractivity contribution in [3.05, 3.63) is 53.2 Å². The van der Waals surface area contributed by atoms with Crippen LogP contribution in [0.5, 0.6) is 0 Å². The second-order valence-corrected chi connectivity index (χ2v) is 7.24. The van der Waals surface area contributed by atoms with Crippen molar-refractivity contribution in [3.8, 4) is 16.9 Å². The Morgan fingerprint density at radius 2 is 2.03 bits per heavy atom. The SMILES string of the molecule is Cc1ccc(-c2cc(C(=O)N[C@@H](C)CO)c(F)c(-n3nnnc3C(C)C)c2)nc1. The lowest BCUT2D eigenvalue weighted by Crippen LogP contribution is -2.35. The number of aromatic nitrogens is 5. The smallest absolute Gasteiger partial charge is 0.254 e. The molecule has 0 unspecified atom stereocenters. The molecule has 29 heavy (non-hydrogen) atoms. The number of pyridine rings is 1. The lowest BCUT2D eigenvalue weighted by atomic mass is 10.0. The fourth-order valence-electron chi connectivity index (χ4n) is 2.79. The molecule has 152 valence electrons. The van der Waals surface area contributed by atoms with E-state index in [1.54, 1.807) is 25.3 Å². The van der Waals surface area contributed by atoms with Crippen LogP contribution in [0.4, 0.5) is 4.39 Å². The molecule has 1 atom stereocenters. The van der Waals surface area contributed by atoms with Crippen LogP contribution in [-0.4, -0.2) is 48.9 Å². The molecule has 0 saturated carbocycles. The number of nitrogens with zero attached hydrogens (tertiary/aromatic N) is 5. The fraction of sp³-hybridized carbons (Fsp3) is 0.350. The Labute approximate surface area is 167 Å². The summed E-state index contributed by atoms with van der Waals surface area (Å²) in [6.45, 7) is 7.06. The molecule has 2 N–H and O–H groups in total. The van der Waals surface area contributed by atoms with E-state index in [4.69, 9.17) is 0 Å². The van der Waals surface area contributed by atoms with Crippen LogP contribution in [0, 0.1) is 12.7 Å². The molecule has 8 nitrogen and oxygen atoms in total. The normalized spacial score (nSPS) is 12.2. The third-order valence-electron chi connectivity index (χ3n) is 4.39. The zero-order valence-electron chi connectivity index (χ0n) is 16.7. The number of halogens is 1. The maximum Gasteiger partial charge on any atom is 0.254 e. The number of carbonyl (C=O) groups excluding carboxylic acids is 1. The second-order valence-electron chi connectivity index (χ2n) is 7.24. The van der Waals surface area contributed by atoms with Gasteiger partial charge in [-0.3, -0.25) is 9.78 Å². The Hall–Kier alpha value is -3.20. The van der Waals surface area contributed by atoms with Gasteiger partial charge in [0.15, 0.2) is 11.6 Å². The summed E-state index contributed by atoms with van der Waals surface area (Å²) >= 11 is 0. The predicted octanol–water partition coefficient (Wildman–Crippen LogP) is 2.41. The van der Waals surface area contributed by atoms with Gasteiger partial charge in [-0.25, -0.2) is 4.39 Å². The molecule has 0 saturated heterocycles. The highest BCUT2D eigenvalue weighted by atomic mass is 19.1. The number of amides is 1. The molecule has 9 heteroatoms. The highest BCUT2D eigenvalue weighted by Gasteiger charge is 2.23. The monoisotopic (exact) mass is 398 g/mol. The van der Waals surface area contributed by atoms with Gasteiger partial charge in [-0.2, -0.15) is 4.68 Å². The van der Waals surface area contributed by atoms with Crippen LogP contribution in [-0.2, 0) is 0 Å². The Balaban J connectivity index is 2.20. The number of hydrogen-bond donors (Lipinski definition) is 2. The van der Waals surface area contributed by atoms with Gasteiger partial charge in [-0.1, -0.05) is 19.9 Å². The average molecular weight is 398 g/mol. The number of nitrogens with one attached hydrogen (secondary N) is 1. The first-order valence-electron chi connectivity index (χ1n) is 9.28. The van der Waals surface area contributed by atoms with E-state index < -0.39 is 17.8 Å². The zero-order valence-corrected chi connectivity index (χ0v) is 16.7. The van der Waals surface area contributed by atoms with E-state index in [2.05, 4.69) is 25.8 Å². The standard InChI is InChI=1S/C20H23FN6O2/c1-11(2)19-24-25-26-27(19)17-8-14(16-6-5-12(3)9-22-16)7-15(18(17)21)20(29)23-13(4)10-28/h5-9,11,13,28H,10H2,1-4H3,(H,23,29)/t13-/m0/s1. The first-order valence-corrected chi connectivity index (χ1v) is 9.28. The minimum Gasteiger partial charge on any atom is -0.394 e. The van der Waals surface area contributed by atoms with Gasteiger partial charge in [0.1, 0.15) is 5.69 Å². The van der Waals surface area contributed by atoms with Crippen LogP contribution in [0.1, 0.15) is 48.4 Å². The van der Waals surface area contributed by atoms with Gasteiger partial charge in [0, 0.05) is 23.7 Å². The van der Waals surface area contributed by atoms with Gasteiger partial charge in [0.2, 0.25) is 0 Å². The molecular formula is C20H23FN6O2. The number of carbonyl (C=O) groups is 1. The van der Waals surface area contributed by atoms with Crippen molar-refractivity contribution in [3.63, 3.8) is 0 Å². The Morgan fingerprint density at radius 3 is 2.66 bits per heavy atom. The quantitative estimate of drug-likeness (QED) is 0.661. The summed E-state index contributed by atoms with van der Waals surface area (Å²) in [5.74, 6) is -0.985. The summed E-state index contributed by atoms with van der Waals surface area (Å²) in [7, 11) is 0. The summed E-state index contributed by atoms with van der Waals surface area (Å²) < 4.78 is 16.7. The highest BCUT2D eigenvalue weighted by molar-refractivity contribution is 5.96. The number of tetrazole rings is 1. The van der Waals surface area contributed by atoms with Crippen LogP contribution in [0.2, 0.25) is 0 Å². The van der Waals surface area contributed by atoms with Gasteiger partial charge in [-0.15, -0.1) is 5.10 Å². The summed E-state index contributed by atoms with van der Waals surface area (Å²) in [4.78, 5) is 17.1. The molecule has 3 aromatic rings. The van der Waals surface area contributed by atoms with E-state index in [9.17, 15) is 9.90 Å². The third-order valence-corrected chi connectivity index (χ3v) is 4.39. The fourth-order valence-corrected chi connectivity index (χ4v) is 2.79. The molecule has 0 radical (unpaired) electrons. The molecule has 0 bridgehead atoms. The van der Waals surface area contributed by atoms with Crippen molar-refractivity contribution in [2.45, 2.75) is 39.7 Å². The van der Waals surface area contributed by atoms with Gasteiger partial charge in [-0.05, 0) is 48.0 Å². The Kier molecular flexibility index (Phi) is 5.97. The van der Waals surface area contributed by atoms with Crippen LogP contribution in [0.25, 0.3) is 16.9 Å². The van der Waals surface area contributed by atoms with E-state index in [0.29, 0.717) is 17.1 Å². The van der Waals surface area contributed by atoms with Gasteiger partial charge in [0.05, 0.1) is 17.9 Å². The predicted molar refractivity (Wildman–Crippen MR) is 105 cm³/mol. The number of aliphatic hydroxyl groups excluding tert-OH is 1. The molecule has 1 amide bonds. The first kappa shape index (κ1) is 20.5. The van der Waals surface area contributed by atoms with Crippen molar-refractivity contribution in [2.75, 3.05) is 6.61 Å². The van der Waals surface area contributed by atoms with E-state index >= 15 is 4.39 Å². The highest BCUT2D eigenvalue weighted by Crippen LogP contribution is 2.28. The maximum atomic E-state index is 15.4. The van der Waals surface area contributed by atoms with Crippen molar-refractivity contribution in [2.24, 2.45) is 0 Å². The molecule has 2 aromatic heterocycles. The minimum absolute atomic E-state index is 0.0559. The number of hydrogen-bond acceptors (Lipinski definition) is 6. The van der Waals surface area contributed by atoms with Gasteiger partial charge < -0.3 is 10.4 Å². The van der Waals surface area contributed by atoms with E-state index in [-0.39, 0.29) is 23.8 Å². The van der Waals surface area contributed by atoms with Crippen LogP contribution in [0.3, 0.4) is 0 Å². The minimum atomic E-state index is -0.752. The van der Waals surface area contributed by atoms with E-state index in [1.165, 1.54) is 10.7 Å². The zero-order chi connectivity index (χ0) is 21.1. The van der Waals surface area contributed by atoms with Gasteiger partial charge in [0.25, 0.3) is 5.91 Å². The lowest BCUT2D eigenvalue weighted by molar-refractivity contribution is 0.0918. The summed E-state index contributed by atoms with van der Waals surface area (Å²) in [6.07, 6.45) is 1.70. The van der Waals surface area contributed by atoms with Crippen LogP contribution >= 0.6 is 0 Å². The third kappa shape index (κ3) is 4.29. The number of aryl methyl sites for hydroxylation is 1. The van der Waals surface area contributed by atoms with Crippen molar-refractivity contribution >= 4 is 5.91 Å². The van der Waals surface area contributed by atoms with E-state index in [0.717, 1.165) is 5.56 Å². The molecule has 0 aliphatic carbocycles. The summed E-state index contributed by atoms with van der Waals surface area (Å²) in [5, 5.41) is 23.3. The summed E-state index contributed by atoms with van der Waals surface area (Å²) in [6, 6.07) is 6.17. The largest absolute Gasteiger partial charge is 0.394 e. The molecule has 0 aliphatic rings. The topological polar surface area (TPSA) is 106 Å². The van der Waals surface area contributed by atoms with Crippen molar-refractivity contribution in [1.82, 2.24) is 30.5 Å². The number of rotatable bonds is 6. The molecule has 1 aromatic carbocycles. The summed E-state index contributed by atoms with van der Waals surface area (Å²) in [5.41, 5.74) is 1.99. The van der Waals surface area contributed by atoms with Crippen LogP contribution in [0.15, 0.2) is 30.5 Å². The Bertz CT molecular complexity index is 1020. The molecule has 0 spiro atoms. The number of aliphatic hydroxyl groups is 1. The van der Waals surface area contributed by atoms with Crippen molar-refractivity contribution in [1.29, 1.82) is 0 Å². The van der Waals surface area contributed by atoms with Crippen molar-refractivity contribution < 1.29 is 14.3 Å². The lowest BCUT2D eigenvalue weighted by Gasteiger charge is -2.15. The molecule has 0 aliphatic heterocycles.